The molecule has 3 heteroatoms. The van der Waals surface area contributed by atoms with E-state index in [0.717, 1.165) is 17.3 Å². The van der Waals surface area contributed by atoms with Crippen molar-refractivity contribution in [3.8, 4) is 0 Å². The van der Waals surface area contributed by atoms with Crippen molar-refractivity contribution in [2.75, 3.05) is 0 Å². The molecule has 1 aromatic rings. The average molecular weight is 287 g/mol. The Hall–Kier alpha value is 0.01000. The van der Waals surface area contributed by atoms with Gasteiger partial charge in [-0.1, -0.05) is 34.8 Å². The van der Waals surface area contributed by atoms with Crippen LogP contribution >= 0.6 is 27.7 Å². The molecule has 82 valence electrons. The molecule has 0 radical (unpaired) electrons. The lowest BCUT2D eigenvalue weighted by atomic mass is 9.97. The highest BCUT2D eigenvalue weighted by Crippen LogP contribution is 2.34. The lowest BCUT2D eigenvalue weighted by Crippen LogP contribution is -2.26. The first-order valence-electron chi connectivity index (χ1n) is 5.36. The third-order valence-electron chi connectivity index (χ3n) is 2.75. The predicted octanol–water partition coefficient (Wildman–Crippen LogP) is 3.84. The van der Waals surface area contributed by atoms with Crippen LogP contribution in [-0.4, -0.2) is 16.5 Å². The Balaban J connectivity index is 2.01. The summed E-state index contributed by atoms with van der Waals surface area (Å²) in [7, 11) is 0. The summed E-state index contributed by atoms with van der Waals surface area (Å²) in [5, 5.41) is 10.2. The smallest absolute Gasteiger partial charge is 0.0662 e. The van der Waals surface area contributed by atoms with Gasteiger partial charge in [-0.25, -0.2) is 0 Å². The maximum atomic E-state index is 9.87. The van der Waals surface area contributed by atoms with Gasteiger partial charge in [-0.15, -0.1) is 11.8 Å². The van der Waals surface area contributed by atoms with Crippen molar-refractivity contribution in [1.82, 2.24) is 0 Å². The molecule has 1 aliphatic carbocycles. The van der Waals surface area contributed by atoms with Gasteiger partial charge in [0.2, 0.25) is 0 Å². The largest absolute Gasteiger partial charge is 0.392 e. The molecule has 0 aliphatic heterocycles. The fourth-order valence-electron chi connectivity index (χ4n) is 1.93. The van der Waals surface area contributed by atoms with Crippen LogP contribution in [0.1, 0.15) is 25.7 Å². The molecule has 1 nitrogen and oxygen atoms in total. The number of thioether (sulfide) groups is 1. The first kappa shape index (κ1) is 11.5. The fraction of sp³-hybridized carbons (Fsp3) is 0.500. The quantitative estimate of drug-likeness (QED) is 0.891. The third-order valence-corrected chi connectivity index (χ3v) is 4.62. The van der Waals surface area contributed by atoms with Crippen LogP contribution in [0.5, 0.6) is 0 Å². The van der Waals surface area contributed by atoms with E-state index in [4.69, 9.17) is 0 Å². The average Bonchev–Trinajstić information content (AvgIpc) is 2.22. The Bertz CT molecular complexity index is 329. The van der Waals surface area contributed by atoms with E-state index in [1.807, 2.05) is 12.1 Å². The summed E-state index contributed by atoms with van der Waals surface area (Å²) in [6.07, 6.45) is 4.41. The Morgan fingerprint density at radius 2 is 2.07 bits per heavy atom. The van der Waals surface area contributed by atoms with E-state index in [-0.39, 0.29) is 6.10 Å². The normalized spacial score (nSPS) is 26.5. The molecule has 15 heavy (non-hydrogen) atoms. The van der Waals surface area contributed by atoms with Crippen LogP contribution in [0.25, 0.3) is 0 Å². The van der Waals surface area contributed by atoms with Gasteiger partial charge in [0.15, 0.2) is 0 Å². The van der Waals surface area contributed by atoms with Crippen LogP contribution in [0.4, 0.5) is 0 Å². The Morgan fingerprint density at radius 1 is 1.27 bits per heavy atom. The highest BCUT2D eigenvalue weighted by Gasteiger charge is 2.23. The first-order chi connectivity index (χ1) is 7.25. The van der Waals surface area contributed by atoms with Gasteiger partial charge in [-0.2, -0.15) is 0 Å². The minimum atomic E-state index is -0.122. The van der Waals surface area contributed by atoms with E-state index >= 15 is 0 Å². The fourth-order valence-corrected chi connectivity index (χ4v) is 3.76. The number of hydrogen-bond acceptors (Lipinski definition) is 2. The van der Waals surface area contributed by atoms with Crippen LogP contribution in [0, 0.1) is 0 Å². The maximum absolute atomic E-state index is 9.87. The van der Waals surface area contributed by atoms with Gasteiger partial charge in [0.05, 0.1) is 6.10 Å². The van der Waals surface area contributed by atoms with E-state index in [0.29, 0.717) is 5.25 Å². The second-order valence-electron chi connectivity index (χ2n) is 3.97. The van der Waals surface area contributed by atoms with E-state index in [1.165, 1.54) is 17.7 Å². The standard InChI is InChI=1S/C12H15BrOS/c13-9-4-3-5-10(8-9)15-12-7-2-1-6-11(12)14/h3-5,8,11-12,14H,1-2,6-7H2/t11-,12-/m1/s1. The summed E-state index contributed by atoms with van der Waals surface area (Å²) < 4.78 is 1.11. The van der Waals surface area contributed by atoms with Crippen molar-refractivity contribution in [1.29, 1.82) is 0 Å². The van der Waals surface area contributed by atoms with Gasteiger partial charge in [0.1, 0.15) is 0 Å². The molecule has 0 unspecified atom stereocenters. The zero-order valence-electron chi connectivity index (χ0n) is 8.53. The predicted molar refractivity (Wildman–Crippen MR) is 68.3 cm³/mol. The van der Waals surface area contributed by atoms with Crippen LogP contribution in [0.15, 0.2) is 33.6 Å². The molecule has 0 saturated heterocycles. The van der Waals surface area contributed by atoms with Crippen molar-refractivity contribution in [2.24, 2.45) is 0 Å². The Kier molecular flexibility index (Phi) is 4.12. The molecular formula is C12H15BrOS. The summed E-state index contributed by atoms with van der Waals surface area (Å²) in [4.78, 5) is 1.25. The summed E-state index contributed by atoms with van der Waals surface area (Å²) in [5.41, 5.74) is 0. The molecule has 0 spiro atoms. The summed E-state index contributed by atoms with van der Waals surface area (Å²) in [6, 6.07) is 8.30. The van der Waals surface area contributed by atoms with Crippen molar-refractivity contribution < 1.29 is 5.11 Å². The van der Waals surface area contributed by atoms with Gasteiger partial charge in [0.25, 0.3) is 0 Å². The van der Waals surface area contributed by atoms with Gasteiger partial charge in [-0.3, -0.25) is 0 Å². The zero-order chi connectivity index (χ0) is 10.7. The van der Waals surface area contributed by atoms with Crippen LogP contribution in [-0.2, 0) is 0 Å². The van der Waals surface area contributed by atoms with Crippen LogP contribution in [0.3, 0.4) is 0 Å². The number of aliphatic hydroxyl groups is 1. The number of halogens is 1. The number of rotatable bonds is 2. The van der Waals surface area contributed by atoms with Gasteiger partial charge in [0, 0.05) is 14.6 Å². The number of benzene rings is 1. The van der Waals surface area contributed by atoms with E-state index < -0.39 is 0 Å². The minimum Gasteiger partial charge on any atom is -0.392 e. The van der Waals surface area contributed by atoms with E-state index in [2.05, 4.69) is 28.1 Å². The molecule has 0 aromatic heterocycles. The topological polar surface area (TPSA) is 20.2 Å². The second kappa shape index (κ2) is 5.37. The molecule has 1 N–H and O–H groups in total. The molecule has 1 saturated carbocycles. The number of aliphatic hydroxyl groups excluding tert-OH is 1. The lowest BCUT2D eigenvalue weighted by Gasteiger charge is -2.26. The summed E-state index contributed by atoms with van der Waals surface area (Å²) in [5.74, 6) is 0. The monoisotopic (exact) mass is 286 g/mol. The van der Waals surface area contributed by atoms with Crippen LogP contribution < -0.4 is 0 Å². The van der Waals surface area contributed by atoms with Crippen molar-refractivity contribution in [3.63, 3.8) is 0 Å². The molecule has 2 rings (SSSR count). The highest BCUT2D eigenvalue weighted by atomic mass is 79.9. The Morgan fingerprint density at radius 3 is 2.80 bits per heavy atom. The van der Waals surface area contributed by atoms with Gasteiger partial charge in [-0.05, 0) is 31.0 Å². The second-order valence-corrected chi connectivity index (χ2v) is 6.19. The van der Waals surface area contributed by atoms with Crippen molar-refractivity contribution in [2.45, 2.75) is 41.9 Å². The molecular weight excluding hydrogens is 272 g/mol. The minimum absolute atomic E-state index is 0.122. The Labute approximate surface area is 103 Å². The molecule has 1 aliphatic rings. The molecule has 1 aromatic carbocycles. The van der Waals surface area contributed by atoms with Gasteiger partial charge >= 0.3 is 0 Å². The lowest BCUT2D eigenvalue weighted by molar-refractivity contribution is 0.137. The number of hydrogen-bond donors (Lipinski definition) is 1. The highest BCUT2D eigenvalue weighted by molar-refractivity contribution is 9.10. The van der Waals surface area contributed by atoms with Crippen molar-refractivity contribution >= 4 is 27.7 Å². The zero-order valence-corrected chi connectivity index (χ0v) is 10.9. The SMILES string of the molecule is O[C@@H]1CCCC[C@H]1Sc1cccc(Br)c1. The first-order valence-corrected chi connectivity index (χ1v) is 7.03. The summed E-state index contributed by atoms with van der Waals surface area (Å²) >= 11 is 5.27. The van der Waals surface area contributed by atoms with E-state index in [1.54, 1.807) is 11.8 Å². The molecule has 0 amide bonds. The third kappa shape index (κ3) is 3.23. The van der Waals surface area contributed by atoms with E-state index in [9.17, 15) is 5.11 Å². The van der Waals surface area contributed by atoms with Crippen LogP contribution in [0.2, 0.25) is 0 Å². The van der Waals surface area contributed by atoms with Crippen molar-refractivity contribution in [3.05, 3.63) is 28.7 Å². The molecule has 0 bridgehead atoms. The maximum Gasteiger partial charge on any atom is 0.0662 e. The summed E-state index contributed by atoms with van der Waals surface area (Å²) in [6.45, 7) is 0. The molecule has 1 fully saturated rings. The van der Waals surface area contributed by atoms with Gasteiger partial charge < -0.3 is 5.11 Å². The molecule has 0 heterocycles. The molecule has 2 atom stereocenters.